The molecule has 0 spiro atoms. The van der Waals surface area contributed by atoms with Gasteiger partial charge in [0.15, 0.2) is 0 Å². The van der Waals surface area contributed by atoms with Crippen LogP contribution in [0.3, 0.4) is 0 Å². The zero-order chi connectivity index (χ0) is 15.2. The van der Waals surface area contributed by atoms with E-state index in [9.17, 15) is 9.59 Å². The maximum Gasteiger partial charge on any atom is 0.335 e. The van der Waals surface area contributed by atoms with Gasteiger partial charge in [0.25, 0.3) is 0 Å². The normalized spacial score (nSPS) is 9.95. The van der Waals surface area contributed by atoms with E-state index in [0.717, 1.165) is 5.56 Å². The minimum Gasteiger partial charge on any atom is -0.495 e. The van der Waals surface area contributed by atoms with Gasteiger partial charge < -0.3 is 15.2 Å². The molecule has 0 saturated carbocycles. The van der Waals surface area contributed by atoms with E-state index in [1.54, 1.807) is 0 Å². The summed E-state index contributed by atoms with van der Waals surface area (Å²) in [6.07, 6.45) is 0.210. The van der Waals surface area contributed by atoms with E-state index in [4.69, 9.17) is 9.84 Å². The highest BCUT2D eigenvalue weighted by molar-refractivity contribution is 5.96. The van der Waals surface area contributed by atoms with Gasteiger partial charge in [-0.25, -0.2) is 4.79 Å². The summed E-state index contributed by atoms with van der Waals surface area (Å²) in [4.78, 5) is 23.0. The molecular formula is C16H15NO4. The van der Waals surface area contributed by atoms with Crippen molar-refractivity contribution < 1.29 is 19.4 Å². The second-order valence-corrected chi connectivity index (χ2v) is 4.43. The second-order valence-electron chi connectivity index (χ2n) is 4.43. The Balaban J connectivity index is 2.16. The van der Waals surface area contributed by atoms with Crippen molar-refractivity contribution in [3.63, 3.8) is 0 Å². The van der Waals surface area contributed by atoms with Gasteiger partial charge in [0, 0.05) is 0 Å². The van der Waals surface area contributed by atoms with E-state index < -0.39 is 5.97 Å². The minimum atomic E-state index is -1.06. The first-order valence-electron chi connectivity index (χ1n) is 6.35. The largest absolute Gasteiger partial charge is 0.495 e. The standard InChI is InChI=1S/C16H15NO4/c1-21-14-8-7-12(16(19)20)10-13(14)17-15(18)9-11-5-3-2-4-6-11/h2-8,10H,9H2,1H3,(H,17,18)(H,19,20). The fraction of sp³-hybridized carbons (Fsp3) is 0.125. The molecule has 2 rings (SSSR count). The van der Waals surface area contributed by atoms with Crippen LogP contribution in [0.5, 0.6) is 5.75 Å². The SMILES string of the molecule is COc1ccc(C(=O)O)cc1NC(=O)Cc1ccccc1. The molecule has 0 fully saturated rings. The molecule has 5 heteroatoms. The Bertz CT molecular complexity index is 653. The van der Waals surface area contributed by atoms with E-state index >= 15 is 0 Å². The maximum absolute atomic E-state index is 12.0. The third kappa shape index (κ3) is 3.82. The highest BCUT2D eigenvalue weighted by atomic mass is 16.5. The topological polar surface area (TPSA) is 75.6 Å². The molecule has 2 aromatic rings. The van der Waals surface area contributed by atoms with Gasteiger partial charge >= 0.3 is 5.97 Å². The van der Waals surface area contributed by atoms with Crippen molar-refractivity contribution in [1.29, 1.82) is 0 Å². The number of ether oxygens (including phenoxy) is 1. The lowest BCUT2D eigenvalue weighted by Gasteiger charge is -2.11. The molecule has 5 nitrogen and oxygen atoms in total. The van der Waals surface area contributed by atoms with Crippen molar-refractivity contribution in [1.82, 2.24) is 0 Å². The lowest BCUT2D eigenvalue weighted by Crippen LogP contribution is -2.15. The summed E-state index contributed by atoms with van der Waals surface area (Å²) in [5, 5.41) is 11.7. The van der Waals surface area contributed by atoms with Crippen LogP contribution in [0.1, 0.15) is 15.9 Å². The van der Waals surface area contributed by atoms with E-state index in [2.05, 4.69) is 5.32 Å². The second kappa shape index (κ2) is 6.56. The van der Waals surface area contributed by atoms with Crippen molar-refractivity contribution in [2.45, 2.75) is 6.42 Å². The molecule has 0 aliphatic carbocycles. The summed E-state index contributed by atoms with van der Waals surface area (Å²) in [6.45, 7) is 0. The molecule has 0 heterocycles. The first-order chi connectivity index (χ1) is 10.1. The Kier molecular flexibility index (Phi) is 4.56. The van der Waals surface area contributed by atoms with Crippen LogP contribution in [0.15, 0.2) is 48.5 Å². The van der Waals surface area contributed by atoms with Gasteiger partial charge in [-0.1, -0.05) is 30.3 Å². The predicted octanol–water partition coefficient (Wildman–Crippen LogP) is 2.57. The average Bonchev–Trinajstić information content (AvgIpc) is 2.48. The van der Waals surface area contributed by atoms with Crippen molar-refractivity contribution in [3.05, 3.63) is 59.7 Å². The Hall–Kier alpha value is -2.82. The lowest BCUT2D eigenvalue weighted by atomic mass is 10.1. The number of anilines is 1. The summed E-state index contributed by atoms with van der Waals surface area (Å²) in [7, 11) is 1.46. The molecule has 0 atom stereocenters. The Morgan fingerprint density at radius 2 is 1.86 bits per heavy atom. The molecule has 0 bridgehead atoms. The average molecular weight is 285 g/mol. The maximum atomic E-state index is 12.0. The van der Waals surface area contributed by atoms with Gasteiger partial charge in [-0.05, 0) is 23.8 Å². The third-order valence-electron chi connectivity index (χ3n) is 2.93. The molecule has 0 radical (unpaired) electrons. The number of rotatable bonds is 5. The number of hydrogen-bond acceptors (Lipinski definition) is 3. The van der Waals surface area contributed by atoms with Crippen LogP contribution < -0.4 is 10.1 Å². The highest BCUT2D eigenvalue weighted by Gasteiger charge is 2.12. The molecule has 0 unspecified atom stereocenters. The van der Waals surface area contributed by atoms with Crippen molar-refractivity contribution in [2.24, 2.45) is 0 Å². The van der Waals surface area contributed by atoms with Crippen LogP contribution in [-0.4, -0.2) is 24.1 Å². The summed E-state index contributed by atoms with van der Waals surface area (Å²) in [6, 6.07) is 13.6. The highest BCUT2D eigenvalue weighted by Crippen LogP contribution is 2.25. The minimum absolute atomic E-state index is 0.0887. The number of carboxylic acid groups (broad SMARTS) is 1. The first kappa shape index (κ1) is 14.6. The van der Waals surface area contributed by atoms with Crippen LogP contribution in [0, 0.1) is 0 Å². The number of benzene rings is 2. The van der Waals surface area contributed by atoms with Gasteiger partial charge in [0.1, 0.15) is 5.75 Å². The van der Waals surface area contributed by atoms with E-state index in [1.165, 1.54) is 25.3 Å². The first-order valence-corrected chi connectivity index (χ1v) is 6.35. The Morgan fingerprint density at radius 1 is 1.14 bits per heavy atom. The van der Waals surface area contributed by atoms with Crippen LogP contribution in [0.2, 0.25) is 0 Å². The fourth-order valence-corrected chi connectivity index (χ4v) is 1.91. The number of amides is 1. The van der Waals surface area contributed by atoms with Crippen molar-refractivity contribution in [3.8, 4) is 5.75 Å². The van der Waals surface area contributed by atoms with Crippen molar-refractivity contribution in [2.75, 3.05) is 12.4 Å². The van der Waals surface area contributed by atoms with E-state index in [1.807, 2.05) is 30.3 Å². The molecule has 108 valence electrons. The monoisotopic (exact) mass is 285 g/mol. The molecule has 1 amide bonds. The number of carboxylic acids is 1. The quantitative estimate of drug-likeness (QED) is 0.885. The van der Waals surface area contributed by atoms with Crippen LogP contribution in [-0.2, 0) is 11.2 Å². The number of hydrogen-bond donors (Lipinski definition) is 2. The molecule has 2 aromatic carbocycles. The van der Waals surface area contributed by atoms with E-state index in [0.29, 0.717) is 11.4 Å². The van der Waals surface area contributed by atoms with Gasteiger partial charge in [0.05, 0.1) is 24.8 Å². The number of aromatic carboxylic acids is 1. The zero-order valence-corrected chi connectivity index (χ0v) is 11.5. The molecule has 0 saturated heterocycles. The van der Waals surface area contributed by atoms with Crippen LogP contribution in [0.25, 0.3) is 0 Å². The summed E-state index contributed by atoms with van der Waals surface area (Å²) < 4.78 is 5.12. The number of methoxy groups -OCH3 is 1. The zero-order valence-electron chi connectivity index (χ0n) is 11.5. The fourth-order valence-electron chi connectivity index (χ4n) is 1.91. The number of carbonyl (C=O) groups is 2. The predicted molar refractivity (Wildman–Crippen MR) is 78.7 cm³/mol. The van der Waals surface area contributed by atoms with Gasteiger partial charge in [-0.2, -0.15) is 0 Å². The number of nitrogens with one attached hydrogen (secondary N) is 1. The molecule has 2 N–H and O–H groups in total. The molecule has 0 aliphatic rings. The molecular weight excluding hydrogens is 270 g/mol. The van der Waals surface area contributed by atoms with Crippen LogP contribution >= 0.6 is 0 Å². The summed E-state index contributed by atoms with van der Waals surface area (Å²) in [5.74, 6) is -0.875. The Labute approximate surface area is 122 Å². The summed E-state index contributed by atoms with van der Waals surface area (Å²) >= 11 is 0. The molecule has 0 aromatic heterocycles. The van der Waals surface area contributed by atoms with Gasteiger partial charge in [0.2, 0.25) is 5.91 Å². The number of carbonyl (C=O) groups excluding carboxylic acids is 1. The molecule has 0 aliphatic heterocycles. The van der Waals surface area contributed by atoms with Gasteiger partial charge in [-0.15, -0.1) is 0 Å². The Morgan fingerprint density at radius 3 is 2.48 bits per heavy atom. The van der Waals surface area contributed by atoms with Crippen LogP contribution in [0.4, 0.5) is 5.69 Å². The summed E-state index contributed by atoms with van der Waals surface area (Å²) in [5.41, 5.74) is 1.31. The molecule has 21 heavy (non-hydrogen) atoms. The van der Waals surface area contributed by atoms with E-state index in [-0.39, 0.29) is 17.9 Å². The van der Waals surface area contributed by atoms with Crippen molar-refractivity contribution >= 4 is 17.6 Å². The lowest BCUT2D eigenvalue weighted by molar-refractivity contribution is -0.115. The third-order valence-corrected chi connectivity index (χ3v) is 2.93. The smallest absolute Gasteiger partial charge is 0.335 e. The van der Waals surface area contributed by atoms with Gasteiger partial charge in [-0.3, -0.25) is 4.79 Å².